The minimum atomic E-state index is -2.07. The van der Waals surface area contributed by atoms with E-state index in [4.69, 9.17) is 74.4 Å². The first-order valence-corrected chi connectivity index (χ1v) is 14.2. The lowest BCUT2D eigenvalue weighted by Gasteiger charge is -2.48. The summed E-state index contributed by atoms with van der Waals surface area (Å²) in [5, 5.41) is -8.11. The lowest BCUT2D eigenvalue weighted by atomic mass is 9.25. The van der Waals surface area contributed by atoms with E-state index in [0.717, 1.165) is 24.3 Å². The van der Waals surface area contributed by atoms with Gasteiger partial charge in [0.1, 0.15) is 23.3 Å². The zero-order valence-electron chi connectivity index (χ0n) is 24.6. The summed E-state index contributed by atoms with van der Waals surface area (Å²) < 4.78 is 55.4. The van der Waals surface area contributed by atoms with E-state index in [1.807, 2.05) is 0 Å². The molecule has 0 unspecified atom stereocenters. The van der Waals surface area contributed by atoms with Crippen LogP contribution in [-0.2, 0) is 20.9 Å². The van der Waals surface area contributed by atoms with Gasteiger partial charge in [0, 0.05) is 40.7 Å². The number of hydrogen-bond donors (Lipinski definition) is 0. The summed E-state index contributed by atoms with van der Waals surface area (Å²) in [6, 6.07) is 16.1. The highest BCUT2D eigenvalue weighted by Gasteiger charge is 2.41. The molecule has 15 heteroatoms. The number of benzene rings is 3. The van der Waals surface area contributed by atoms with E-state index < -0.39 is 44.1 Å². The van der Waals surface area contributed by atoms with Crippen molar-refractivity contribution in [3.63, 3.8) is 0 Å². The molecule has 0 aliphatic heterocycles. The van der Waals surface area contributed by atoms with Crippen molar-refractivity contribution in [3.8, 4) is 22.5 Å². The summed E-state index contributed by atoms with van der Waals surface area (Å²) in [6.45, 7) is 0. The van der Waals surface area contributed by atoms with Crippen LogP contribution in [0.4, 0.5) is 17.6 Å². The van der Waals surface area contributed by atoms with Crippen molar-refractivity contribution >= 4 is 74.4 Å². The summed E-state index contributed by atoms with van der Waals surface area (Å²) >= 11 is 6.45. The maximum Gasteiger partial charge on any atom is 0.135 e. The molecule has 0 aliphatic carbocycles. The number of hydrogen-bond acceptors (Lipinski definition) is 2. The Morgan fingerprint density at radius 2 is 0.809 bits per heavy atom. The van der Waals surface area contributed by atoms with Crippen LogP contribution >= 0.6 is 11.6 Å². The second-order valence-electron chi connectivity index (χ2n) is 11.3. The maximum atomic E-state index is 14.3. The average Bonchev–Trinajstić information content (AvgIpc) is 3.01. The summed E-state index contributed by atoms with van der Waals surface area (Å²) in [6.07, 6.45) is 2.51. The van der Waals surface area contributed by atoms with Crippen molar-refractivity contribution in [2.45, 2.75) is 20.9 Å². The molecule has 16 radical (unpaired) electrons. The molecule has 0 aliphatic rings. The Morgan fingerprint density at radius 1 is 0.447 bits per heavy atom. The van der Waals surface area contributed by atoms with E-state index in [-0.39, 0.29) is 49.8 Å². The predicted octanol–water partition coefficient (Wildman–Crippen LogP) is 4.38. The van der Waals surface area contributed by atoms with E-state index in [0.29, 0.717) is 0 Å². The van der Waals surface area contributed by atoms with Gasteiger partial charge in [-0.05, 0) is 59.7 Å². The number of halogens is 5. The Morgan fingerprint density at radius 3 is 1.13 bits per heavy atom. The highest BCUT2D eigenvalue weighted by molar-refractivity contribution is 6.55. The fourth-order valence-electron chi connectivity index (χ4n) is 5.01. The van der Waals surface area contributed by atoms with Crippen molar-refractivity contribution in [1.29, 1.82) is 0 Å². The third kappa shape index (κ3) is 6.38. The first-order valence-electron chi connectivity index (χ1n) is 13.8. The lowest BCUT2D eigenvalue weighted by molar-refractivity contribution is 0.584. The molecule has 0 saturated carbocycles. The highest BCUT2D eigenvalue weighted by atomic mass is 35.5. The Balaban J connectivity index is 1.47. The molecule has 5 rings (SSSR count). The largest absolute Gasteiger partial charge is 0.256 e. The number of nitrogens with zero attached hydrogens (tertiary/aromatic N) is 2. The van der Waals surface area contributed by atoms with Crippen LogP contribution in [0.15, 0.2) is 91.3 Å². The van der Waals surface area contributed by atoms with Gasteiger partial charge in [-0.25, -0.2) is 17.6 Å². The molecule has 2 nitrogen and oxygen atoms in total. The van der Waals surface area contributed by atoms with Gasteiger partial charge < -0.3 is 0 Å². The van der Waals surface area contributed by atoms with Crippen LogP contribution in [0.3, 0.4) is 0 Å². The average molecular weight is 625 g/mol. The monoisotopic (exact) mass is 626 g/mol. The zero-order valence-corrected chi connectivity index (χ0v) is 25.3. The summed E-state index contributed by atoms with van der Waals surface area (Å²) in [7, 11) is 52.3. The van der Waals surface area contributed by atoms with Crippen LogP contribution in [-0.4, -0.2) is 72.7 Å². The van der Waals surface area contributed by atoms with E-state index in [1.165, 1.54) is 67.0 Å². The SMILES string of the molecule is [B]C([B])(c1ccc(-c2ccc(F)cc2F)nc1)C([B])([B])c1cc(Cl)cc(C([B])([B])C([B])([B])c2ccc(-c3ccc(F)cc3F)nc2)c1. The lowest BCUT2D eigenvalue weighted by Crippen LogP contribution is -2.53. The standard InChI is InChI=1S/C32H15B8ClF4N2/c33-29(34,16-1-7-27(46-14-16)23-5-3-21(42)12-25(23)44)31(37,38)18-9-19(11-20(41)10-18)32(39,40)30(35,36)17-2-8-28(47-15-17)24-6-4-22(43)13-26(24)45/h1-15H. The van der Waals surface area contributed by atoms with Crippen LogP contribution in [0.1, 0.15) is 22.3 Å². The molecule has 0 amide bonds. The molecule has 0 atom stereocenters. The minimum Gasteiger partial charge on any atom is -0.256 e. The van der Waals surface area contributed by atoms with E-state index in [2.05, 4.69) is 9.97 Å². The minimum absolute atomic E-state index is 0.0468. The molecule has 2 aromatic heterocycles. The van der Waals surface area contributed by atoms with E-state index in [9.17, 15) is 17.6 Å². The van der Waals surface area contributed by atoms with Crippen molar-refractivity contribution in [1.82, 2.24) is 9.97 Å². The van der Waals surface area contributed by atoms with Gasteiger partial charge in [-0.15, -0.1) is 0 Å². The predicted molar refractivity (Wildman–Crippen MR) is 183 cm³/mol. The summed E-state index contributed by atoms with van der Waals surface area (Å²) in [4.78, 5) is 8.42. The molecular formula is C32H15B8ClF4N2. The van der Waals surface area contributed by atoms with Crippen molar-refractivity contribution in [2.75, 3.05) is 0 Å². The number of aromatic nitrogens is 2. The molecule has 212 valence electrons. The quantitative estimate of drug-likeness (QED) is 0.189. The van der Waals surface area contributed by atoms with Gasteiger partial charge in [0.25, 0.3) is 0 Å². The van der Waals surface area contributed by atoms with Gasteiger partial charge in [0.05, 0.1) is 74.2 Å². The van der Waals surface area contributed by atoms with Crippen LogP contribution in [0.5, 0.6) is 0 Å². The molecule has 0 bridgehead atoms. The van der Waals surface area contributed by atoms with Crippen LogP contribution in [0, 0.1) is 23.3 Å². The van der Waals surface area contributed by atoms with Gasteiger partial charge in [0.2, 0.25) is 0 Å². The summed E-state index contributed by atoms with van der Waals surface area (Å²) in [5.74, 6) is -3.11. The van der Waals surface area contributed by atoms with Gasteiger partial charge in [-0.1, -0.05) is 61.8 Å². The summed E-state index contributed by atoms with van der Waals surface area (Å²) in [5.41, 5.74) is 0.905. The molecule has 0 spiro atoms. The van der Waals surface area contributed by atoms with Crippen molar-refractivity contribution < 1.29 is 17.6 Å². The van der Waals surface area contributed by atoms with E-state index in [1.54, 1.807) is 0 Å². The molecule has 0 fully saturated rings. The normalized spacial score (nSPS) is 12.6. The Bertz CT molecular complexity index is 1820. The Labute approximate surface area is 286 Å². The molecule has 0 saturated heterocycles. The van der Waals surface area contributed by atoms with Crippen molar-refractivity contribution in [3.05, 3.63) is 142 Å². The maximum absolute atomic E-state index is 14.3. The molecule has 0 N–H and O–H groups in total. The first-order chi connectivity index (χ1) is 21.9. The van der Waals surface area contributed by atoms with E-state index >= 15 is 0 Å². The van der Waals surface area contributed by atoms with Gasteiger partial charge in [0.15, 0.2) is 0 Å². The Kier molecular flexibility index (Phi) is 9.26. The van der Waals surface area contributed by atoms with Crippen LogP contribution in [0.25, 0.3) is 22.5 Å². The molecule has 3 aromatic carbocycles. The van der Waals surface area contributed by atoms with Crippen molar-refractivity contribution in [2.24, 2.45) is 0 Å². The van der Waals surface area contributed by atoms with Crippen LogP contribution < -0.4 is 0 Å². The molecule has 47 heavy (non-hydrogen) atoms. The molecular weight excluding hydrogens is 610 g/mol. The first kappa shape index (κ1) is 34.8. The molecule has 2 heterocycles. The third-order valence-corrected chi connectivity index (χ3v) is 8.34. The smallest absolute Gasteiger partial charge is 0.135 e. The van der Waals surface area contributed by atoms with Crippen LogP contribution in [0.2, 0.25) is 5.02 Å². The fourth-order valence-corrected chi connectivity index (χ4v) is 5.25. The second kappa shape index (κ2) is 12.5. The fraction of sp³-hybridized carbons (Fsp3) is 0.125. The second-order valence-corrected chi connectivity index (χ2v) is 11.8. The zero-order chi connectivity index (χ0) is 34.5. The third-order valence-electron chi connectivity index (χ3n) is 8.12. The molecule has 5 aromatic rings. The highest BCUT2D eigenvalue weighted by Crippen LogP contribution is 2.41. The van der Waals surface area contributed by atoms with Gasteiger partial charge in [-0.3, -0.25) is 9.97 Å². The number of pyridine rings is 2. The van der Waals surface area contributed by atoms with Gasteiger partial charge >= 0.3 is 0 Å². The number of rotatable bonds is 8. The van der Waals surface area contributed by atoms with Gasteiger partial charge in [-0.2, -0.15) is 0 Å². The topological polar surface area (TPSA) is 25.8 Å². The Hall–Kier alpha value is -3.51.